The van der Waals surface area contributed by atoms with Crippen molar-refractivity contribution in [2.45, 2.75) is 31.2 Å². The van der Waals surface area contributed by atoms with E-state index >= 15 is 0 Å². The molecule has 0 unspecified atom stereocenters. The topological polar surface area (TPSA) is 98.9 Å². The number of hydrogen-bond donors (Lipinski definition) is 1. The van der Waals surface area contributed by atoms with Crippen LogP contribution in [0.1, 0.15) is 36.3 Å². The molecule has 1 saturated heterocycles. The van der Waals surface area contributed by atoms with Gasteiger partial charge in [-0.05, 0) is 31.4 Å². The average molecular weight is 394 g/mol. The molecule has 0 aromatic heterocycles. The molecule has 2 heterocycles. The van der Waals surface area contributed by atoms with E-state index in [-0.39, 0.29) is 0 Å². The van der Waals surface area contributed by atoms with Crippen molar-refractivity contribution in [1.82, 2.24) is 4.90 Å². The van der Waals surface area contributed by atoms with Crippen molar-refractivity contribution in [3.63, 3.8) is 0 Å². The summed E-state index contributed by atoms with van der Waals surface area (Å²) in [4.78, 5) is 38.7. The van der Waals surface area contributed by atoms with Crippen LogP contribution in [0, 0.1) is 0 Å². The predicted octanol–water partition coefficient (Wildman–Crippen LogP) is 2.33. The van der Waals surface area contributed by atoms with Crippen molar-refractivity contribution in [2.75, 3.05) is 13.2 Å². The maximum absolute atomic E-state index is 13.0. The molecule has 1 fully saturated rings. The second-order valence-electron chi connectivity index (χ2n) is 7.22. The number of esters is 1. The van der Waals surface area contributed by atoms with E-state index in [1.54, 1.807) is 12.1 Å². The molecule has 2 N–H and O–H groups in total. The van der Waals surface area contributed by atoms with Crippen LogP contribution in [0.3, 0.4) is 0 Å². The molecule has 0 radical (unpaired) electrons. The zero-order valence-electron chi connectivity index (χ0n) is 15.9. The van der Waals surface area contributed by atoms with Gasteiger partial charge in [-0.1, -0.05) is 36.4 Å². The monoisotopic (exact) mass is 394 g/mol. The third kappa shape index (κ3) is 3.68. The quantitative estimate of drug-likeness (QED) is 0.803. The van der Waals surface area contributed by atoms with Crippen LogP contribution in [0.5, 0.6) is 11.5 Å². The summed E-state index contributed by atoms with van der Waals surface area (Å²) < 4.78 is 11.3. The lowest BCUT2D eigenvalue weighted by atomic mass is 9.88. The molecule has 2 aliphatic rings. The molecule has 0 saturated carbocycles. The number of amides is 2. The highest BCUT2D eigenvalue weighted by Crippen LogP contribution is 2.44. The molecule has 7 heteroatoms. The van der Waals surface area contributed by atoms with Crippen molar-refractivity contribution in [3.05, 3.63) is 59.7 Å². The van der Waals surface area contributed by atoms with Crippen molar-refractivity contribution in [2.24, 2.45) is 5.73 Å². The van der Waals surface area contributed by atoms with Gasteiger partial charge in [-0.3, -0.25) is 14.4 Å². The van der Waals surface area contributed by atoms with Crippen LogP contribution in [0.15, 0.2) is 48.5 Å². The van der Waals surface area contributed by atoms with Gasteiger partial charge in [-0.15, -0.1) is 0 Å². The van der Waals surface area contributed by atoms with Gasteiger partial charge in [0, 0.05) is 17.7 Å². The Kier molecular flexibility index (Phi) is 5.20. The summed E-state index contributed by atoms with van der Waals surface area (Å²) in [5.74, 6) is -0.979. The minimum atomic E-state index is -0.683. The summed E-state index contributed by atoms with van der Waals surface area (Å²) >= 11 is 0. The highest BCUT2D eigenvalue weighted by Gasteiger charge is 2.35. The first kappa shape index (κ1) is 19.0. The SMILES string of the molecule is NC(=O)[C@@H]1CCCCN1C(=O)COC(=O)C1c2ccccc2Oc2ccccc21. The van der Waals surface area contributed by atoms with E-state index in [4.69, 9.17) is 15.2 Å². The Labute approximate surface area is 168 Å². The molecule has 2 aromatic carbocycles. The molecular weight excluding hydrogens is 372 g/mol. The van der Waals surface area contributed by atoms with Crippen molar-refractivity contribution >= 4 is 17.8 Å². The molecule has 0 bridgehead atoms. The van der Waals surface area contributed by atoms with Gasteiger partial charge in [0.15, 0.2) is 6.61 Å². The van der Waals surface area contributed by atoms with Crippen molar-refractivity contribution < 1.29 is 23.9 Å². The van der Waals surface area contributed by atoms with Crippen LogP contribution in [0.25, 0.3) is 0 Å². The lowest BCUT2D eigenvalue weighted by Crippen LogP contribution is -2.51. The first-order chi connectivity index (χ1) is 14.1. The third-order valence-electron chi connectivity index (χ3n) is 5.41. The van der Waals surface area contributed by atoms with Crippen molar-refractivity contribution in [1.29, 1.82) is 0 Å². The van der Waals surface area contributed by atoms with E-state index < -0.39 is 36.4 Å². The average Bonchev–Trinajstić information content (AvgIpc) is 2.75. The van der Waals surface area contributed by atoms with Crippen LogP contribution < -0.4 is 10.5 Å². The largest absolute Gasteiger partial charge is 0.457 e. The number of nitrogens with two attached hydrogens (primary N) is 1. The summed E-state index contributed by atoms with van der Waals surface area (Å²) in [5, 5.41) is 0. The number of likely N-dealkylation sites (tertiary alicyclic amines) is 1. The summed E-state index contributed by atoms with van der Waals surface area (Å²) in [6.45, 7) is 0.0111. The molecule has 29 heavy (non-hydrogen) atoms. The molecule has 2 aliphatic heterocycles. The Morgan fingerprint density at radius 1 is 1.00 bits per heavy atom. The minimum Gasteiger partial charge on any atom is -0.457 e. The maximum Gasteiger partial charge on any atom is 0.318 e. The first-order valence-electron chi connectivity index (χ1n) is 9.67. The third-order valence-corrected chi connectivity index (χ3v) is 5.41. The maximum atomic E-state index is 13.0. The van der Waals surface area contributed by atoms with E-state index in [1.807, 2.05) is 36.4 Å². The molecule has 0 aliphatic carbocycles. The number of benzene rings is 2. The Bertz CT molecular complexity index is 912. The number of para-hydroxylation sites is 2. The zero-order chi connectivity index (χ0) is 20.4. The van der Waals surface area contributed by atoms with E-state index in [0.29, 0.717) is 35.6 Å². The molecule has 0 spiro atoms. The predicted molar refractivity (Wildman–Crippen MR) is 104 cm³/mol. The highest BCUT2D eigenvalue weighted by atomic mass is 16.5. The standard InChI is InChI=1S/C22H22N2O5/c23-21(26)16-9-5-6-12-24(16)19(25)13-28-22(27)20-14-7-1-3-10-17(14)29-18-11-4-2-8-15(18)20/h1-4,7-8,10-11,16,20H,5-6,9,12-13H2,(H2,23,26)/t16-/m0/s1. The van der Waals surface area contributed by atoms with E-state index in [2.05, 4.69) is 0 Å². The van der Waals surface area contributed by atoms with Gasteiger partial charge in [-0.2, -0.15) is 0 Å². The van der Waals surface area contributed by atoms with Gasteiger partial charge in [0.05, 0.1) is 0 Å². The van der Waals surface area contributed by atoms with Gasteiger partial charge in [0.1, 0.15) is 23.5 Å². The fraction of sp³-hybridized carbons (Fsp3) is 0.318. The molecule has 2 aromatic rings. The number of fused-ring (bicyclic) bond motifs is 2. The number of nitrogens with zero attached hydrogens (tertiary/aromatic N) is 1. The molecule has 1 atom stereocenters. The zero-order valence-corrected chi connectivity index (χ0v) is 15.9. The fourth-order valence-electron chi connectivity index (χ4n) is 3.99. The van der Waals surface area contributed by atoms with Crippen LogP contribution in [-0.2, 0) is 19.1 Å². The van der Waals surface area contributed by atoms with E-state index in [0.717, 1.165) is 12.8 Å². The van der Waals surface area contributed by atoms with E-state index in [9.17, 15) is 14.4 Å². The van der Waals surface area contributed by atoms with Crippen LogP contribution in [-0.4, -0.2) is 41.9 Å². The first-order valence-corrected chi connectivity index (χ1v) is 9.67. The minimum absolute atomic E-state index is 0.407. The van der Waals surface area contributed by atoms with Gasteiger partial charge in [-0.25, -0.2) is 0 Å². The molecular formula is C22H22N2O5. The van der Waals surface area contributed by atoms with E-state index in [1.165, 1.54) is 4.90 Å². The lowest BCUT2D eigenvalue weighted by Gasteiger charge is -2.33. The molecule has 7 nitrogen and oxygen atoms in total. The normalized spacial score (nSPS) is 18.2. The summed E-state index contributed by atoms with van der Waals surface area (Å²) in [5.41, 5.74) is 6.80. The summed E-state index contributed by atoms with van der Waals surface area (Å²) in [6.07, 6.45) is 2.17. The Balaban J connectivity index is 1.52. The van der Waals surface area contributed by atoms with Gasteiger partial charge in [0.2, 0.25) is 5.91 Å². The highest BCUT2D eigenvalue weighted by molar-refractivity contribution is 5.90. The number of piperidine rings is 1. The molecule has 150 valence electrons. The van der Waals surface area contributed by atoms with Crippen LogP contribution >= 0.6 is 0 Å². The number of rotatable bonds is 4. The van der Waals surface area contributed by atoms with Gasteiger partial charge >= 0.3 is 5.97 Å². The lowest BCUT2D eigenvalue weighted by molar-refractivity contribution is -0.155. The van der Waals surface area contributed by atoms with Gasteiger partial charge < -0.3 is 20.1 Å². The van der Waals surface area contributed by atoms with Gasteiger partial charge in [0.25, 0.3) is 5.91 Å². The molecule has 2 amide bonds. The van der Waals surface area contributed by atoms with Crippen LogP contribution in [0.4, 0.5) is 0 Å². The second-order valence-corrected chi connectivity index (χ2v) is 7.22. The Morgan fingerprint density at radius 2 is 1.62 bits per heavy atom. The number of ether oxygens (including phenoxy) is 2. The fourth-order valence-corrected chi connectivity index (χ4v) is 3.99. The van der Waals surface area contributed by atoms with Crippen molar-refractivity contribution in [3.8, 4) is 11.5 Å². The smallest absolute Gasteiger partial charge is 0.318 e. The number of carbonyl (C=O) groups is 3. The summed E-state index contributed by atoms with van der Waals surface area (Å²) in [6, 6.07) is 13.9. The number of hydrogen-bond acceptors (Lipinski definition) is 5. The summed E-state index contributed by atoms with van der Waals surface area (Å²) in [7, 11) is 0. The second kappa shape index (κ2) is 7.95. The number of carbonyl (C=O) groups excluding carboxylic acids is 3. The Hall–Kier alpha value is -3.35. The molecule has 4 rings (SSSR count). The van der Waals surface area contributed by atoms with Crippen LogP contribution in [0.2, 0.25) is 0 Å². The Morgan fingerprint density at radius 3 is 2.24 bits per heavy atom. The number of primary amides is 1.